The van der Waals surface area contributed by atoms with E-state index >= 15 is 0 Å². The molecule has 0 aliphatic carbocycles. The Kier molecular flexibility index (Phi) is 4.48. The SMILES string of the molecule is CCN(Cc1cccs1)S(=O)(=O)c1ccc(C)c2ncccc12. The second-order valence-electron chi connectivity index (χ2n) is 5.29. The number of aromatic nitrogens is 1. The Morgan fingerprint density at radius 1 is 1.17 bits per heavy atom. The number of benzene rings is 1. The Labute approximate surface area is 140 Å². The van der Waals surface area contributed by atoms with Crippen molar-refractivity contribution in [1.29, 1.82) is 0 Å². The highest BCUT2D eigenvalue weighted by molar-refractivity contribution is 7.89. The number of rotatable bonds is 5. The number of thiophene rings is 1. The predicted molar refractivity (Wildman–Crippen MR) is 94.1 cm³/mol. The number of nitrogens with zero attached hydrogens (tertiary/aromatic N) is 2. The van der Waals surface area contributed by atoms with Crippen molar-refractivity contribution >= 4 is 32.3 Å². The van der Waals surface area contributed by atoms with Crippen LogP contribution in [-0.4, -0.2) is 24.3 Å². The molecule has 0 saturated carbocycles. The molecule has 4 nitrogen and oxygen atoms in total. The van der Waals surface area contributed by atoms with Gasteiger partial charge in [-0.05, 0) is 42.1 Å². The Morgan fingerprint density at radius 2 is 2.00 bits per heavy atom. The molecule has 0 radical (unpaired) electrons. The van der Waals surface area contributed by atoms with Crippen LogP contribution in [0.5, 0.6) is 0 Å². The lowest BCUT2D eigenvalue weighted by Gasteiger charge is -2.21. The summed E-state index contributed by atoms with van der Waals surface area (Å²) < 4.78 is 27.7. The summed E-state index contributed by atoms with van der Waals surface area (Å²) in [4.78, 5) is 5.69. The minimum Gasteiger partial charge on any atom is -0.256 e. The molecule has 23 heavy (non-hydrogen) atoms. The highest BCUT2D eigenvalue weighted by Crippen LogP contribution is 2.28. The van der Waals surface area contributed by atoms with Crippen molar-refractivity contribution in [3.05, 3.63) is 58.4 Å². The molecule has 1 aromatic carbocycles. The van der Waals surface area contributed by atoms with E-state index in [1.54, 1.807) is 29.7 Å². The zero-order valence-corrected chi connectivity index (χ0v) is 14.7. The van der Waals surface area contributed by atoms with Crippen LogP contribution >= 0.6 is 11.3 Å². The quantitative estimate of drug-likeness (QED) is 0.706. The van der Waals surface area contributed by atoms with Crippen LogP contribution in [0, 0.1) is 6.92 Å². The van der Waals surface area contributed by atoms with E-state index in [-0.39, 0.29) is 0 Å². The molecule has 0 amide bonds. The van der Waals surface area contributed by atoms with Gasteiger partial charge in [0.1, 0.15) is 0 Å². The number of hydrogen-bond donors (Lipinski definition) is 0. The first-order valence-electron chi connectivity index (χ1n) is 7.41. The van der Waals surface area contributed by atoms with Gasteiger partial charge in [-0.25, -0.2) is 8.42 Å². The monoisotopic (exact) mass is 346 g/mol. The molecule has 6 heteroatoms. The summed E-state index contributed by atoms with van der Waals surface area (Å²) in [6.45, 7) is 4.62. The molecule has 120 valence electrons. The first-order chi connectivity index (χ1) is 11.0. The standard InChI is InChI=1S/C17H18N2O2S2/c1-3-19(12-14-6-5-11-22-14)23(20,21)16-9-8-13(2)17-15(16)7-4-10-18-17/h4-11H,3,12H2,1-2H3. The molecule has 0 spiro atoms. The van der Waals surface area contributed by atoms with E-state index in [1.165, 1.54) is 4.31 Å². The number of hydrogen-bond acceptors (Lipinski definition) is 4. The molecule has 0 aliphatic heterocycles. The topological polar surface area (TPSA) is 50.3 Å². The van der Waals surface area contributed by atoms with E-state index in [4.69, 9.17) is 0 Å². The van der Waals surface area contributed by atoms with Gasteiger partial charge in [0.25, 0.3) is 0 Å². The Bertz CT molecular complexity index is 919. The molecular formula is C17H18N2O2S2. The van der Waals surface area contributed by atoms with Gasteiger partial charge < -0.3 is 0 Å². The van der Waals surface area contributed by atoms with Crippen LogP contribution in [0.3, 0.4) is 0 Å². The fraction of sp³-hybridized carbons (Fsp3) is 0.235. The van der Waals surface area contributed by atoms with Crippen molar-refractivity contribution in [2.24, 2.45) is 0 Å². The van der Waals surface area contributed by atoms with Gasteiger partial charge in [0.2, 0.25) is 10.0 Å². The van der Waals surface area contributed by atoms with Crippen molar-refractivity contribution in [1.82, 2.24) is 9.29 Å². The lowest BCUT2D eigenvalue weighted by Crippen LogP contribution is -2.30. The molecule has 3 rings (SSSR count). The van der Waals surface area contributed by atoms with Gasteiger partial charge in [0.05, 0.1) is 10.4 Å². The van der Waals surface area contributed by atoms with Crippen LogP contribution in [0.15, 0.2) is 52.9 Å². The van der Waals surface area contributed by atoms with Gasteiger partial charge in [-0.2, -0.15) is 4.31 Å². The number of pyridine rings is 1. The van der Waals surface area contributed by atoms with Crippen LogP contribution in [0.2, 0.25) is 0 Å². The Morgan fingerprint density at radius 3 is 2.70 bits per heavy atom. The molecule has 0 fully saturated rings. The molecule has 0 saturated heterocycles. The zero-order chi connectivity index (χ0) is 16.4. The third-order valence-electron chi connectivity index (χ3n) is 3.81. The lowest BCUT2D eigenvalue weighted by atomic mass is 10.1. The maximum absolute atomic E-state index is 13.1. The van der Waals surface area contributed by atoms with Crippen molar-refractivity contribution in [2.45, 2.75) is 25.3 Å². The molecule has 2 heterocycles. The summed E-state index contributed by atoms with van der Waals surface area (Å²) >= 11 is 1.57. The first-order valence-corrected chi connectivity index (χ1v) is 9.73. The maximum Gasteiger partial charge on any atom is 0.244 e. The average Bonchev–Trinajstić information content (AvgIpc) is 3.06. The van der Waals surface area contributed by atoms with Gasteiger partial charge >= 0.3 is 0 Å². The normalized spacial score (nSPS) is 12.1. The van der Waals surface area contributed by atoms with Gasteiger partial charge in [0.15, 0.2) is 0 Å². The molecule has 0 atom stereocenters. The van der Waals surface area contributed by atoms with Crippen LogP contribution in [-0.2, 0) is 16.6 Å². The summed E-state index contributed by atoms with van der Waals surface area (Å²) in [6, 6.07) is 11.0. The van der Waals surface area contributed by atoms with E-state index in [0.29, 0.717) is 23.4 Å². The summed E-state index contributed by atoms with van der Waals surface area (Å²) in [5.74, 6) is 0. The zero-order valence-electron chi connectivity index (χ0n) is 13.1. The van der Waals surface area contributed by atoms with E-state index in [2.05, 4.69) is 4.98 Å². The first kappa shape index (κ1) is 16.1. The molecule has 2 aromatic heterocycles. The van der Waals surface area contributed by atoms with Crippen LogP contribution < -0.4 is 0 Å². The second kappa shape index (κ2) is 6.39. The maximum atomic E-state index is 13.1. The summed E-state index contributed by atoms with van der Waals surface area (Å²) in [6.07, 6.45) is 1.69. The highest BCUT2D eigenvalue weighted by atomic mass is 32.2. The number of fused-ring (bicyclic) bond motifs is 1. The molecular weight excluding hydrogens is 328 g/mol. The van der Waals surface area contributed by atoms with E-state index in [9.17, 15) is 8.42 Å². The van der Waals surface area contributed by atoms with Crippen molar-refractivity contribution in [2.75, 3.05) is 6.54 Å². The van der Waals surface area contributed by atoms with Crippen molar-refractivity contribution in [3.8, 4) is 0 Å². The third-order valence-corrected chi connectivity index (χ3v) is 6.65. The van der Waals surface area contributed by atoms with Crippen molar-refractivity contribution < 1.29 is 8.42 Å². The molecule has 0 unspecified atom stereocenters. The average molecular weight is 346 g/mol. The fourth-order valence-electron chi connectivity index (χ4n) is 2.59. The highest BCUT2D eigenvalue weighted by Gasteiger charge is 2.26. The van der Waals surface area contributed by atoms with E-state index in [0.717, 1.165) is 16.0 Å². The minimum absolute atomic E-state index is 0.324. The van der Waals surface area contributed by atoms with Gasteiger partial charge in [-0.15, -0.1) is 11.3 Å². The molecule has 0 bridgehead atoms. The Hall–Kier alpha value is -1.76. The number of aryl methyl sites for hydroxylation is 1. The van der Waals surface area contributed by atoms with Crippen LogP contribution in [0.1, 0.15) is 17.4 Å². The van der Waals surface area contributed by atoms with Gasteiger partial charge in [0, 0.05) is 29.5 Å². The summed E-state index contributed by atoms with van der Waals surface area (Å²) in [5.41, 5.74) is 1.71. The second-order valence-corrected chi connectivity index (χ2v) is 8.23. The molecule has 3 aromatic rings. The molecule has 0 aliphatic rings. The smallest absolute Gasteiger partial charge is 0.244 e. The fourth-order valence-corrected chi connectivity index (χ4v) is 5.01. The molecule has 0 N–H and O–H groups in total. The van der Waals surface area contributed by atoms with E-state index in [1.807, 2.05) is 43.5 Å². The largest absolute Gasteiger partial charge is 0.256 e. The van der Waals surface area contributed by atoms with Gasteiger partial charge in [-0.1, -0.05) is 19.1 Å². The van der Waals surface area contributed by atoms with Crippen molar-refractivity contribution in [3.63, 3.8) is 0 Å². The number of sulfonamides is 1. The predicted octanol–water partition coefficient (Wildman–Crippen LogP) is 3.82. The van der Waals surface area contributed by atoms with Crippen LogP contribution in [0.4, 0.5) is 0 Å². The Balaban J connectivity index is 2.10. The summed E-state index contributed by atoms with van der Waals surface area (Å²) in [7, 11) is -3.57. The third kappa shape index (κ3) is 3.02. The van der Waals surface area contributed by atoms with Gasteiger partial charge in [-0.3, -0.25) is 4.98 Å². The minimum atomic E-state index is -3.57. The lowest BCUT2D eigenvalue weighted by molar-refractivity contribution is 0.427. The summed E-state index contributed by atoms with van der Waals surface area (Å²) in [5, 5.41) is 2.64. The van der Waals surface area contributed by atoms with E-state index < -0.39 is 10.0 Å². The van der Waals surface area contributed by atoms with Crippen LogP contribution in [0.25, 0.3) is 10.9 Å².